The van der Waals surface area contributed by atoms with Crippen molar-refractivity contribution in [1.29, 1.82) is 0 Å². The fourth-order valence-electron chi connectivity index (χ4n) is 2.82. The lowest BCUT2D eigenvalue weighted by Gasteiger charge is -2.16. The first-order valence-corrected chi connectivity index (χ1v) is 7.83. The third-order valence-electron chi connectivity index (χ3n) is 4.84. The molecular weight excluding hydrogens is 236 g/mol. The van der Waals surface area contributed by atoms with Crippen LogP contribution in [-0.2, 0) is 0 Å². The Morgan fingerprint density at radius 2 is 1.84 bits per heavy atom. The van der Waals surface area contributed by atoms with Gasteiger partial charge in [0.25, 0.3) is 0 Å². The van der Waals surface area contributed by atoms with Crippen molar-refractivity contribution in [2.24, 2.45) is 23.7 Å². The van der Waals surface area contributed by atoms with Gasteiger partial charge in [-0.1, -0.05) is 13.8 Å². The van der Waals surface area contributed by atoms with E-state index in [-0.39, 0.29) is 0 Å². The Kier molecular flexibility index (Phi) is 3.55. The van der Waals surface area contributed by atoms with Crippen LogP contribution >= 0.6 is 0 Å². The Bertz CT molecular complexity index is 406. The van der Waals surface area contributed by atoms with E-state index in [2.05, 4.69) is 25.9 Å². The number of aromatic nitrogens is 2. The third kappa shape index (κ3) is 3.13. The molecule has 0 saturated heterocycles. The molecule has 1 aromatic heterocycles. The first kappa shape index (κ1) is 13.0. The molecule has 0 aromatic carbocycles. The Hall–Kier alpha value is -0.990. The monoisotopic (exact) mass is 262 g/mol. The quantitative estimate of drug-likeness (QED) is 0.745. The number of rotatable bonds is 7. The highest BCUT2D eigenvalue weighted by atomic mass is 16.5. The van der Waals surface area contributed by atoms with Crippen molar-refractivity contribution < 1.29 is 4.74 Å². The van der Waals surface area contributed by atoms with Crippen molar-refractivity contribution in [2.45, 2.75) is 52.5 Å². The summed E-state index contributed by atoms with van der Waals surface area (Å²) in [5.74, 6) is 4.10. The molecular formula is C16H26N2O. The first-order chi connectivity index (χ1) is 9.15. The highest BCUT2D eigenvalue weighted by Gasteiger charge is 2.41. The van der Waals surface area contributed by atoms with Gasteiger partial charge in [0.2, 0.25) is 5.88 Å². The van der Waals surface area contributed by atoms with Gasteiger partial charge in [-0.25, -0.2) is 0 Å². The van der Waals surface area contributed by atoms with Crippen LogP contribution in [0.25, 0.3) is 0 Å². The van der Waals surface area contributed by atoms with Gasteiger partial charge in [0.1, 0.15) is 0 Å². The van der Waals surface area contributed by atoms with Crippen molar-refractivity contribution in [2.75, 3.05) is 6.61 Å². The predicted octanol–water partition coefficient (Wildman–Crippen LogP) is 3.92. The molecule has 0 spiro atoms. The molecule has 2 aliphatic rings. The number of ether oxygens (including phenoxy) is 1. The second-order valence-electron chi connectivity index (χ2n) is 6.77. The van der Waals surface area contributed by atoms with E-state index >= 15 is 0 Å². The fraction of sp³-hybridized carbons (Fsp3) is 0.812. The van der Waals surface area contributed by atoms with Crippen LogP contribution in [0.15, 0.2) is 12.3 Å². The minimum atomic E-state index is 0.431. The summed E-state index contributed by atoms with van der Waals surface area (Å²) in [7, 11) is 0. The van der Waals surface area contributed by atoms with E-state index in [1.807, 2.05) is 16.9 Å². The molecule has 2 aliphatic carbocycles. The lowest BCUT2D eigenvalue weighted by Crippen LogP contribution is -2.17. The van der Waals surface area contributed by atoms with E-state index < -0.39 is 0 Å². The van der Waals surface area contributed by atoms with Gasteiger partial charge >= 0.3 is 0 Å². The van der Waals surface area contributed by atoms with Gasteiger partial charge in [-0.05, 0) is 56.3 Å². The van der Waals surface area contributed by atoms with Crippen LogP contribution < -0.4 is 4.74 Å². The summed E-state index contributed by atoms with van der Waals surface area (Å²) in [6, 6.07) is 2.44. The zero-order valence-electron chi connectivity index (χ0n) is 12.4. The van der Waals surface area contributed by atoms with Gasteiger partial charge in [-0.2, -0.15) is 0 Å². The summed E-state index contributed by atoms with van der Waals surface area (Å²) in [5.41, 5.74) is 0. The molecule has 3 rings (SSSR count). The lowest BCUT2D eigenvalue weighted by atomic mass is 9.99. The highest BCUT2D eigenvalue weighted by Crippen LogP contribution is 2.49. The molecule has 0 N–H and O–H groups in total. The molecule has 0 aliphatic heterocycles. The maximum absolute atomic E-state index is 5.95. The van der Waals surface area contributed by atoms with Crippen molar-refractivity contribution in [3.05, 3.63) is 12.3 Å². The summed E-state index contributed by atoms with van der Waals surface area (Å²) in [6.07, 6.45) is 7.72. The van der Waals surface area contributed by atoms with Gasteiger partial charge < -0.3 is 4.74 Å². The van der Waals surface area contributed by atoms with Gasteiger partial charge in [-0.15, -0.1) is 5.10 Å². The molecule has 1 atom stereocenters. The van der Waals surface area contributed by atoms with Gasteiger partial charge in [-0.3, -0.25) is 4.68 Å². The third-order valence-corrected chi connectivity index (χ3v) is 4.84. The summed E-state index contributed by atoms with van der Waals surface area (Å²) in [6.45, 7) is 7.53. The summed E-state index contributed by atoms with van der Waals surface area (Å²) >= 11 is 0. The molecule has 19 heavy (non-hydrogen) atoms. The maximum Gasteiger partial charge on any atom is 0.232 e. The fourth-order valence-corrected chi connectivity index (χ4v) is 2.82. The average molecular weight is 262 g/mol. The summed E-state index contributed by atoms with van der Waals surface area (Å²) in [4.78, 5) is 0. The zero-order chi connectivity index (χ0) is 13.4. The van der Waals surface area contributed by atoms with E-state index in [0.29, 0.717) is 12.0 Å². The van der Waals surface area contributed by atoms with Crippen LogP contribution in [0.2, 0.25) is 0 Å². The summed E-state index contributed by atoms with van der Waals surface area (Å²) in [5, 5.41) is 4.56. The molecule has 3 nitrogen and oxygen atoms in total. The molecule has 0 amide bonds. The minimum Gasteiger partial charge on any atom is -0.476 e. The van der Waals surface area contributed by atoms with Crippen molar-refractivity contribution in [1.82, 2.24) is 9.78 Å². The van der Waals surface area contributed by atoms with Crippen LogP contribution in [0, 0.1) is 23.7 Å². The smallest absolute Gasteiger partial charge is 0.232 e. The van der Waals surface area contributed by atoms with Gasteiger partial charge in [0.05, 0.1) is 12.6 Å². The number of hydrogen-bond acceptors (Lipinski definition) is 2. The van der Waals surface area contributed by atoms with Crippen LogP contribution in [0.3, 0.4) is 0 Å². The lowest BCUT2D eigenvalue weighted by molar-refractivity contribution is 0.202. The Balaban J connectivity index is 1.54. The Morgan fingerprint density at radius 1 is 1.21 bits per heavy atom. The molecule has 1 heterocycles. The van der Waals surface area contributed by atoms with Crippen molar-refractivity contribution in [3.8, 4) is 5.88 Å². The van der Waals surface area contributed by atoms with Crippen LogP contribution in [0.5, 0.6) is 5.88 Å². The molecule has 0 bridgehead atoms. The first-order valence-electron chi connectivity index (χ1n) is 7.83. The standard InChI is InChI=1S/C16H26N2O/c1-11(2)12(3)18-9-8-16(17-18)19-10-15(13-4-5-13)14-6-7-14/h8-9,11-15H,4-7,10H2,1-3H3/t12-/m1/s1. The molecule has 0 radical (unpaired) electrons. The maximum atomic E-state index is 5.95. The highest BCUT2D eigenvalue weighted by molar-refractivity contribution is 5.07. The predicted molar refractivity (Wildman–Crippen MR) is 76.2 cm³/mol. The van der Waals surface area contributed by atoms with Gasteiger partial charge in [0.15, 0.2) is 0 Å². The SMILES string of the molecule is CC(C)[C@@H](C)n1ccc(OCC(C2CC2)C2CC2)n1. The van der Waals surface area contributed by atoms with E-state index in [0.717, 1.165) is 30.2 Å². The second-order valence-corrected chi connectivity index (χ2v) is 6.77. The Labute approximate surface area is 116 Å². The molecule has 3 heteroatoms. The topological polar surface area (TPSA) is 27.1 Å². The van der Waals surface area contributed by atoms with Crippen LogP contribution in [0.4, 0.5) is 0 Å². The average Bonchev–Trinajstić information content (AvgIpc) is 3.29. The van der Waals surface area contributed by atoms with E-state index in [1.165, 1.54) is 25.7 Å². The van der Waals surface area contributed by atoms with Crippen molar-refractivity contribution >= 4 is 0 Å². The molecule has 1 aromatic rings. The number of hydrogen-bond donors (Lipinski definition) is 0. The number of nitrogens with zero attached hydrogens (tertiary/aromatic N) is 2. The molecule has 0 unspecified atom stereocenters. The van der Waals surface area contributed by atoms with E-state index in [9.17, 15) is 0 Å². The minimum absolute atomic E-state index is 0.431. The largest absolute Gasteiger partial charge is 0.476 e. The Morgan fingerprint density at radius 3 is 2.37 bits per heavy atom. The van der Waals surface area contributed by atoms with Gasteiger partial charge in [0, 0.05) is 12.3 Å². The molecule has 2 fully saturated rings. The molecule has 2 saturated carbocycles. The summed E-state index contributed by atoms with van der Waals surface area (Å²) < 4.78 is 7.98. The van der Waals surface area contributed by atoms with E-state index in [4.69, 9.17) is 4.74 Å². The van der Waals surface area contributed by atoms with Crippen molar-refractivity contribution in [3.63, 3.8) is 0 Å². The second kappa shape index (κ2) is 5.18. The van der Waals surface area contributed by atoms with Crippen LogP contribution in [0.1, 0.15) is 52.5 Å². The van der Waals surface area contributed by atoms with E-state index in [1.54, 1.807) is 0 Å². The van der Waals surface area contributed by atoms with Crippen LogP contribution in [-0.4, -0.2) is 16.4 Å². The molecule has 106 valence electrons. The zero-order valence-corrected chi connectivity index (χ0v) is 12.4. The normalized spacial score (nSPS) is 21.1.